The van der Waals surface area contributed by atoms with Crippen LogP contribution < -0.4 is 10.9 Å². The zero-order valence-corrected chi connectivity index (χ0v) is 17.4. The maximum absolute atomic E-state index is 13.1. The van der Waals surface area contributed by atoms with Gasteiger partial charge in [0.2, 0.25) is 0 Å². The standard InChI is InChI=1S/C22H20N4O2S/c1-12-5-6-16(25-21(27)19-11-29-14(3)24-19)9-17(12)18-8-15-10-23-13(2)7-20(15)26(4)22(18)28/h5-11H,1-4H3,(H,25,27). The van der Waals surface area contributed by atoms with Crippen LogP contribution in [0.15, 0.2) is 46.7 Å². The number of carbonyl (C=O) groups is 1. The van der Waals surface area contributed by atoms with Gasteiger partial charge >= 0.3 is 0 Å². The number of nitrogens with zero attached hydrogens (tertiary/aromatic N) is 3. The van der Waals surface area contributed by atoms with Crippen molar-refractivity contribution in [2.45, 2.75) is 20.8 Å². The lowest BCUT2D eigenvalue weighted by atomic mass is 9.99. The van der Waals surface area contributed by atoms with Gasteiger partial charge < -0.3 is 9.88 Å². The van der Waals surface area contributed by atoms with Gasteiger partial charge in [0.15, 0.2) is 0 Å². The summed E-state index contributed by atoms with van der Waals surface area (Å²) in [5.74, 6) is -0.268. The number of amides is 1. The Labute approximate surface area is 171 Å². The first-order valence-electron chi connectivity index (χ1n) is 9.14. The maximum atomic E-state index is 13.1. The number of carbonyl (C=O) groups excluding carboxylic acids is 1. The molecule has 3 aromatic heterocycles. The number of aryl methyl sites for hydroxylation is 4. The molecule has 0 radical (unpaired) electrons. The Morgan fingerprint density at radius 2 is 1.90 bits per heavy atom. The second-order valence-electron chi connectivity index (χ2n) is 7.04. The van der Waals surface area contributed by atoms with E-state index in [4.69, 9.17) is 0 Å². The molecule has 4 rings (SSSR count). The average molecular weight is 404 g/mol. The first-order chi connectivity index (χ1) is 13.8. The van der Waals surface area contributed by atoms with Crippen molar-refractivity contribution >= 4 is 33.8 Å². The molecule has 0 saturated heterocycles. The van der Waals surface area contributed by atoms with Crippen LogP contribution in [-0.4, -0.2) is 20.4 Å². The number of fused-ring (bicyclic) bond motifs is 1. The second-order valence-corrected chi connectivity index (χ2v) is 8.10. The number of aromatic nitrogens is 3. The lowest BCUT2D eigenvalue weighted by molar-refractivity contribution is 0.102. The summed E-state index contributed by atoms with van der Waals surface area (Å²) in [5.41, 5.74) is 4.91. The smallest absolute Gasteiger partial charge is 0.275 e. The minimum atomic E-state index is -0.268. The van der Waals surface area contributed by atoms with E-state index in [1.54, 1.807) is 23.2 Å². The van der Waals surface area contributed by atoms with E-state index in [1.807, 2.05) is 51.1 Å². The molecule has 146 valence electrons. The first kappa shape index (κ1) is 19.0. The molecule has 0 unspecified atom stereocenters. The summed E-state index contributed by atoms with van der Waals surface area (Å²) in [5, 5.41) is 6.33. The van der Waals surface area contributed by atoms with E-state index in [2.05, 4.69) is 15.3 Å². The Morgan fingerprint density at radius 3 is 2.62 bits per heavy atom. The highest BCUT2D eigenvalue weighted by Gasteiger charge is 2.14. The first-order valence-corrected chi connectivity index (χ1v) is 10.0. The molecule has 0 atom stereocenters. The van der Waals surface area contributed by atoms with Crippen LogP contribution in [-0.2, 0) is 7.05 Å². The largest absolute Gasteiger partial charge is 0.321 e. The number of pyridine rings is 2. The number of hydrogen-bond acceptors (Lipinski definition) is 5. The van der Waals surface area contributed by atoms with E-state index in [9.17, 15) is 9.59 Å². The van der Waals surface area contributed by atoms with Gasteiger partial charge in [-0.25, -0.2) is 4.98 Å². The third-order valence-electron chi connectivity index (χ3n) is 4.88. The van der Waals surface area contributed by atoms with Crippen LogP contribution in [0.5, 0.6) is 0 Å². The normalized spacial score (nSPS) is 11.0. The molecule has 3 heterocycles. The third kappa shape index (κ3) is 3.56. The summed E-state index contributed by atoms with van der Waals surface area (Å²) < 4.78 is 1.64. The van der Waals surface area contributed by atoms with Gasteiger partial charge in [-0.05, 0) is 56.2 Å². The van der Waals surface area contributed by atoms with E-state index in [-0.39, 0.29) is 11.5 Å². The Hall–Kier alpha value is -3.32. The summed E-state index contributed by atoms with van der Waals surface area (Å²) in [6, 6.07) is 9.32. The van der Waals surface area contributed by atoms with Crippen LogP contribution in [0, 0.1) is 20.8 Å². The van der Waals surface area contributed by atoms with Crippen molar-refractivity contribution in [3.8, 4) is 11.1 Å². The minimum Gasteiger partial charge on any atom is -0.321 e. The molecule has 4 aromatic rings. The average Bonchev–Trinajstić information content (AvgIpc) is 3.13. The number of hydrogen-bond donors (Lipinski definition) is 1. The van der Waals surface area contributed by atoms with Crippen LogP contribution in [0.1, 0.15) is 26.8 Å². The maximum Gasteiger partial charge on any atom is 0.275 e. The monoisotopic (exact) mass is 404 g/mol. The highest BCUT2D eigenvalue weighted by molar-refractivity contribution is 7.09. The summed E-state index contributed by atoms with van der Waals surface area (Å²) in [6.07, 6.45) is 1.78. The number of nitrogens with one attached hydrogen (secondary N) is 1. The van der Waals surface area contributed by atoms with Gasteiger partial charge in [0.25, 0.3) is 11.5 Å². The molecule has 1 aromatic carbocycles. The molecule has 0 spiro atoms. The van der Waals surface area contributed by atoms with Crippen molar-refractivity contribution in [1.82, 2.24) is 14.5 Å². The lowest BCUT2D eigenvalue weighted by Crippen LogP contribution is -2.19. The van der Waals surface area contributed by atoms with Crippen molar-refractivity contribution < 1.29 is 4.79 Å². The van der Waals surface area contributed by atoms with Crippen molar-refractivity contribution in [2.24, 2.45) is 7.05 Å². The van der Waals surface area contributed by atoms with Crippen LogP contribution in [0.3, 0.4) is 0 Å². The summed E-state index contributed by atoms with van der Waals surface area (Å²) in [6.45, 7) is 5.71. The quantitative estimate of drug-likeness (QED) is 0.554. The fourth-order valence-corrected chi connectivity index (χ4v) is 3.90. The van der Waals surface area contributed by atoms with Gasteiger partial charge in [0, 0.05) is 41.0 Å². The zero-order valence-electron chi connectivity index (χ0n) is 16.6. The van der Waals surface area contributed by atoms with E-state index >= 15 is 0 Å². The zero-order chi connectivity index (χ0) is 20.7. The Morgan fingerprint density at radius 1 is 1.10 bits per heavy atom. The SMILES string of the molecule is Cc1cc2c(cn1)cc(-c1cc(NC(=O)c3csc(C)n3)ccc1C)c(=O)n2C. The van der Waals surface area contributed by atoms with Gasteiger partial charge in [-0.15, -0.1) is 11.3 Å². The second kappa shape index (κ2) is 7.25. The number of anilines is 1. The molecule has 0 fully saturated rings. The van der Waals surface area contributed by atoms with Crippen LogP contribution in [0.25, 0.3) is 22.0 Å². The number of rotatable bonds is 3. The molecular weight excluding hydrogens is 384 g/mol. The predicted octanol–water partition coefficient (Wildman–Crippen LogP) is 4.23. The van der Waals surface area contributed by atoms with E-state index in [0.717, 1.165) is 32.7 Å². The molecule has 0 aliphatic carbocycles. The van der Waals surface area contributed by atoms with Crippen molar-refractivity contribution in [3.05, 3.63) is 74.2 Å². The van der Waals surface area contributed by atoms with Crippen molar-refractivity contribution in [3.63, 3.8) is 0 Å². The Bertz CT molecular complexity index is 1320. The molecule has 29 heavy (non-hydrogen) atoms. The van der Waals surface area contributed by atoms with Gasteiger partial charge in [0.05, 0.1) is 10.5 Å². The molecule has 0 aliphatic rings. The molecule has 1 N–H and O–H groups in total. The van der Waals surface area contributed by atoms with Gasteiger partial charge in [-0.3, -0.25) is 14.6 Å². The molecule has 0 bridgehead atoms. The highest BCUT2D eigenvalue weighted by atomic mass is 32.1. The molecule has 0 saturated carbocycles. The summed E-state index contributed by atoms with van der Waals surface area (Å²) >= 11 is 1.43. The van der Waals surface area contributed by atoms with Crippen LogP contribution in [0.2, 0.25) is 0 Å². The fourth-order valence-electron chi connectivity index (χ4n) is 3.31. The minimum absolute atomic E-state index is 0.0928. The lowest BCUT2D eigenvalue weighted by Gasteiger charge is -2.13. The molecule has 1 amide bonds. The molecule has 6 nitrogen and oxygen atoms in total. The van der Waals surface area contributed by atoms with Gasteiger partial charge in [-0.2, -0.15) is 0 Å². The van der Waals surface area contributed by atoms with E-state index < -0.39 is 0 Å². The third-order valence-corrected chi connectivity index (χ3v) is 5.66. The number of benzene rings is 1. The van der Waals surface area contributed by atoms with Crippen LogP contribution in [0.4, 0.5) is 5.69 Å². The van der Waals surface area contributed by atoms with Crippen LogP contribution >= 0.6 is 11.3 Å². The molecular formula is C22H20N4O2S. The molecule has 7 heteroatoms. The summed E-state index contributed by atoms with van der Waals surface area (Å²) in [4.78, 5) is 34.1. The number of thiazole rings is 1. The van der Waals surface area contributed by atoms with Crippen molar-refractivity contribution in [2.75, 3.05) is 5.32 Å². The highest BCUT2D eigenvalue weighted by Crippen LogP contribution is 2.27. The molecule has 0 aliphatic heterocycles. The topological polar surface area (TPSA) is 76.9 Å². The van der Waals surface area contributed by atoms with E-state index in [1.165, 1.54) is 11.3 Å². The predicted molar refractivity (Wildman–Crippen MR) is 117 cm³/mol. The van der Waals surface area contributed by atoms with Gasteiger partial charge in [-0.1, -0.05) is 6.07 Å². The Kier molecular flexibility index (Phi) is 4.76. The summed E-state index contributed by atoms with van der Waals surface area (Å²) in [7, 11) is 1.76. The van der Waals surface area contributed by atoms with Gasteiger partial charge in [0.1, 0.15) is 5.69 Å². The fraction of sp³-hybridized carbons (Fsp3) is 0.182. The van der Waals surface area contributed by atoms with E-state index in [0.29, 0.717) is 16.9 Å². The Balaban J connectivity index is 1.78. The van der Waals surface area contributed by atoms with Crippen molar-refractivity contribution in [1.29, 1.82) is 0 Å².